The Hall–Kier alpha value is -2.92. The molecule has 0 unspecified atom stereocenters. The number of benzene rings is 1. The second-order valence-corrected chi connectivity index (χ2v) is 7.32. The number of nitrogens with zero attached hydrogens (tertiary/aromatic N) is 2. The SMILES string of the molecule is N=C(N)C1=C(N2CCNCC2)CC=C1c1ccnc(CCc2ccccc2)c1. The van der Waals surface area contributed by atoms with Crippen molar-refractivity contribution < 1.29 is 0 Å². The van der Waals surface area contributed by atoms with Gasteiger partial charge in [0, 0.05) is 55.8 Å². The minimum absolute atomic E-state index is 0.153. The quantitative estimate of drug-likeness (QED) is 0.537. The van der Waals surface area contributed by atoms with Gasteiger partial charge in [0.1, 0.15) is 5.84 Å². The fourth-order valence-corrected chi connectivity index (χ4v) is 4.04. The third-order valence-corrected chi connectivity index (χ3v) is 5.47. The number of aromatic nitrogens is 1. The summed E-state index contributed by atoms with van der Waals surface area (Å²) in [5, 5.41) is 11.6. The molecule has 4 rings (SSSR count). The number of amidine groups is 1. The van der Waals surface area contributed by atoms with Crippen molar-refractivity contribution >= 4 is 11.4 Å². The number of allylic oxidation sites excluding steroid dienone is 1. The molecule has 1 saturated heterocycles. The largest absolute Gasteiger partial charge is 0.384 e. The van der Waals surface area contributed by atoms with Crippen LogP contribution in [0.3, 0.4) is 0 Å². The van der Waals surface area contributed by atoms with E-state index in [2.05, 4.69) is 51.6 Å². The summed E-state index contributed by atoms with van der Waals surface area (Å²) in [5.74, 6) is 0.153. The van der Waals surface area contributed by atoms with E-state index >= 15 is 0 Å². The molecule has 0 atom stereocenters. The lowest BCUT2D eigenvalue weighted by atomic mass is 9.98. The van der Waals surface area contributed by atoms with Gasteiger partial charge in [-0.3, -0.25) is 10.4 Å². The molecule has 1 aromatic carbocycles. The van der Waals surface area contributed by atoms with Crippen LogP contribution in [0.1, 0.15) is 23.2 Å². The molecule has 5 nitrogen and oxygen atoms in total. The van der Waals surface area contributed by atoms with Crippen LogP contribution in [0.4, 0.5) is 0 Å². The molecule has 0 bridgehead atoms. The predicted molar refractivity (Wildman–Crippen MR) is 114 cm³/mol. The third-order valence-electron chi connectivity index (χ3n) is 5.47. The zero-order chi connectivity index (χ0) is 19.3. The summed E-state index contributed by atoms with van der Waals surface area (Å²) in [6.07, 6.45) is 6.79. The van der Waals surface area contributed by atoms with Crippen LogP contribution in [-0.4, -0.2) is 41.9 Å². The molecule has 4 N–H and O–H groups in total. The first-order valence-corrected chi connectivity index (χ1v) is 9.95. The van der Waals surface area contributed by atoms with Gasteiger partial charge in [-0.05, 0) is 41.7 Å². The van der Waals surface area contributed by atoms with Gasteiger partial charge >= 0.3 is 0 Å². The number of nitrogens with two attached hydrogens (primary N) is 1. The Morgan fingerprint density at radius 3 is 2.64 bits per heavy atom. The number of piperazine rings is 1. The van der Waals surface area contributed by atoms with Crippen molar-refractivity contribution in [2.45, 2.75) is 19.3 Å². The zero-order valence-electron chi connectivity index (χ0n) is 16.1. The van der Waals surface area contributed by atoms with Crippen molar-refractivity contribution in [3.8, 4) is 0 Å². The van der Waals surface area contributed by atoms with Gasteiger partial charge in [-0.1, -0.05) is 36.4 Å². The molecule has 5 heteroatoms. The Morgan fingerprint density at radius 1 is 1.11 bits per heavy atom. The fourth-order valence-electron chi connectivity index (χ4n) is 4.04. The van der Waals surface area contributed by atoms with Crippen LogP contribution in [0.15, 0.2) is 66.0 Å². The predicted octanol–water partition coefficient (Wildman–Crippen LogP) is 2.75. The first-order chi connectivity index (χ1) is 13.7. The molecule has 1 aliphatic heterocycles. The molecule has 1 aliphatic carbocycles. The summed E-state index contributed by atoms with van der Waals surface area (Å²) in [6, 6.07) is 14.7. The van der Waals surface area contributed by atoms with Crippen molar-refractivity contribution in [2.24, 2.45) is 5.73 Å². The molecular weight excluding hydrogens is 346 g/mol. The van der Waals surface area contributed by atoms with E-state index in [0.717, 1.165) is 67.8 Å². The highest BCUT2D eigenvalue weighted by Gasteiger charge is 2.26. The van der Waals surface area contributed by atoms with E-state index < -0.39 is 0 Å². The molecule has 1 fully saturated rings. The molecule has 0 saturated carbocycles. The van der Waals surface area contributed by atoms with Crippen LogP contribution >= 0.6 is 0 Å². The van der Waals surface area contributed by atoms with Crippen LogP contribution in [0.2, 0.25) is 0 Å². The van der Waals surface area contributed by atoms with Crippen LogP contribution in [0.5, 0.6) is 0 Å². The summed E-state index contributed by atoms with van der Waals surface area (Å²) in [5.41, 5.74) is 12.7. The smallest absolute Gasteiger partial charge is 0.125 e. The van der Waals surface area contributed by atoms with Gasteiger partial charge in [0.25, 0.3) is 0 Å². The number of pyridine rings is 1. The van der Waals surface area contributed by atoms with Crippen LogP contribution in [0, 0.1) is 5.41 Å². The van der Waals surface area contributed by atoms with Crippen molar-refractivity contribution in [1.82, 2.24) is 15.2 Å². The molecule has 0 amide bonds. The highest BCUT2D eigenvalue weighted by molar-refractivity contribution is 6.11. The van der Waals surface area contributed by atoms with Gasteiger partial charge in [0.15, 0.2) is 0 Å². The topological polar surface area (TPSA) is 78.0 Å². The Bertz CT molecular complexity index is 908. The van der Waals surface area contributed by atoms with Gasteiger partial charge in [0.05, 0.1) is 0 Å². The standard InChI is InChI=1S/C23H27N5/c24-23(25)22-20(8-9-21(22)28-14-12-26-13-15-28)18-10-11-27-19(16-18)7-6-17-4-2-1-3-5-17/h1-5,8,10-11,16,26H,6-7,9,12-15H2,(H3,24,25). The molecule has 2 aromatic rings. The average Bonchev–Trinajstić information content (AvgIpc) is 3.19. The number of hydrogen-bond acceptors (Lipinski definition) is 4. The van der Waals surface area contributed by atoms with E-state index in [-0.39, 0.29) is 5.84 Å². The molecule has 2 heterocycles. The summed E-state index contributed by atoms with van der Waals surface area (Å²) < 4.78 is 0. The maximum absolute atomic E-state index is 8.19. The minimum Gasteiger partial charge on any atom is -0.384 e. The molecule has 144 valence electrons. The second-order valence-electron chi connectivity index (χ2n) is 7.32. The highest BCUT2D eigenvalue weighted by atomic mass is 15.2. The molecule has 1 aromatic heterocycles. The van der Waals surface area contributed by atoms with E-state index in [9.17, 15) is 0 Å². The summed E-state index contributed by atoms with van der Waals surface area (Å²) in [6.45, 7) is 3.88. The van der Waals surface area contributed by atoms with Crippen LogP contribution in [-0.2, 0) is 12.8 Å². The van der Waals surface area contributed by atoms with Crippen molar-refractivity contribution in [1.29, 1.82) is 5.41 Å². The summed E-state index contributed by atoms with van der Waals surface area (Å²) in [7, 11) is 0. The lowest BCUT2D eigenvalue weighted by Gasteiger charge is -2.31. The van der Waals surface area contributed by atoms with Gasteiger partial charge in [-0.15, -0.1) is 0 Å². The summed E-state index contributed by atoms with van der Waals surface area (Å²) >= 11 is 0. The van der Waals surface area contributed by atoms with E-state index in [0.29, 0.717) is 0 Å². The summed E-state index contributed by atoms with van der Waals surface area (Å²) in [4.78, 5) is 6.93. The number of hydrogen-bond donors (Lipinski definition) is 3. The maximum atomic E-state index is 8.19. The average molecular weight is 374 g/mol. The maximum Gasteiger partial charge on any atom is 0.125 e. The van der Waals surface area contributed by atoms with Crippen molar-refractivity contribution in [3.05, 3.63) is 82.8 Å². The molecule has 2 aliphatic rings. The lowest BCUT2D eigenvalue weighted by Crippen LogP contribution is -2.43. The van der Waals surface area contributed by atoms with Gasteiger partial charge < -0.3 is 16.0 Å². The lowest BCUT2D eigenvalue weighted by molar-refractivity contribution is 0.295. The Balaban J connectivity index is 1.56. The van der Waals surface area contributed by atoms with Crippen molar-refractivity contribution in [3.63, 3.8) is 0 Å². The molecule has 28 heavy (non-hydrogen) atoms. The van der Waals surface area contributed by atoms with Crippen LogP contribution in [0.25, 0.3) is 5.57 Å². The Kier molecular flexibility index (Phi) is 5.53. The van der Waals surface area contributed by atoms with E-state index in [1.807, 2.05) is 18.3 Å². The minimum atomic E-state index is 0.153. The van der Waals surface area contributed by atoms with E-state index in [4.69, 9.17) is 11.1 Å². The van der Waals surface area contributed by atoms with Crippen molar-refractivity contribution in [2.75, 3.05) is 26.2 Å². The van der Waals surface area contributed by atoms with E-state index in [1.54, 1.807) is 0 Å². The molecule has 0 spiro atoms. The zero-order valence-corrected chi connectivity index (χ0v) is 16.1. The third kappa shape index (κ3) is 3.99. The normalized spacial score (nSPS) is 17.0. The Labute approximate surface area is 166 Å². The van der Waals surface area contributed by atoms with Gasteiger partial charge in [-0.2, -0.15) is 0 Å². The number of rotatable bonds is 6. The molecular formula is C23H27N5. The first kappa shape index (κ1) is 18.4. The highest BCUT2D eigenvalue weighted by Crippen LogP contribution is 2.35. The second kappa shape index (κ2) is 8.40. The monoisotopic (exact) mass is 373 g/mol. The number of nitrogens with one attached hydrogen (secondary N) is 2. The van der Waals surface area contributed by atoms with Gasteiger partial charge in [-0.25, -0.2) is 0 Å². The number of aryl methyl sites for hydroxylation is 2. The first-order valence-electron chi connectivity index (χ1n) is 9.95. The molecule has 0 radical (unpaired) electrons. The Morgan fingerprint density at radius 2 is 1.89 bits per heavy atom. The fraction of sp³-hybridized carbons (Fsp3) is 0.304. The van der Waals surface area contributed by atoms with E-state index in [1.165, 1.54) is 11.3 Å². The van der Waals surface area contributed by atoms with Crippen LogP contribution < -0.4 is 11.1 Å². The van der Waals surface area contributed by atoms with Gasteiger partial charge in [0.2, 0.25) is 0 Å².